The molecule has 0 aliphatic heterocycles. The van der Waals surface area contributed by atoms with Gasteiger partial charge in [-0.1, -0.05) is 0 Å². The van der Waals surface area contributed by atoms with Gasteiger partial charge in [-0.3, -0.25) is 0 Å². The van der Waals surface area contributed by atoms with Crippen LogP contribution in [-0.4, -0.2) is 5.43 Å². The Labute approximate surface area is 102 Å². The van der Waals surface area contributed by atoms with Crippen LogP contribution in [0.15, 0.2) is 60.7 Å². The Hall–Kier alpha value is -0.200. The largest absolute Gasteiger partial charge is 0.214 e. The van der Waals surface area contributed by atoms with Gasteiger partial charge in [0.1, 0.15) is 0 Å². The molecular weight excluding hydrogens is 263 g/mol. The Kier molecular flexibility index (Phi) is 10.7. The molecule has 2 heteroatoms. The molecule has 0 aromatic heterocycles. The molecule has 0 fully saturated rings. The maximum Gasteiger partial charge on any atom is -0.172 e. The predicted molar refractivity (Wildman–Crippen MR) is 64.3 cm³/mol. The second-order valence-corrected chi connectivity index (χ2v) is 16.0. The van der Waals surface area contributed by atoms with Gasteiger partial charge in [-0.15, -0.1) is 0 Å². The number of hydrogen-bond acceptors (Lipinski definition) is 0. The molecule has 0 N–H and O–H groups in total. The van der Waals surface area contributed by atoms with Gasteiger partial charge in [0.15, 0.2) is 0 Å². The van der Waals surface area contributed by atoms with Crippen molar-refractivity contribution in [2.45, 2.75) is 13.1 Å². The molecule has 0 heterocycles. The summed E-state index contributed by atoms with van der Waals surface area (Å²) in [5, 5.41) is 0. The summed E-state index contributed by atoms with van der Waals surface area (Å²) in [5.74, 6) is 0. The summed E-state index contributed by atoms with van der Waals surface area (Å²) in [5.41, 5.74) is 0.290. The van der Waals surface area contributed by atoms with Crippen LogP contribution in [-0.2, 0) is 23.3 Å². The van der Waals surface area contributed by atoms with E-state index >= 15 is 0 Å². The monoisotopic (exact) mass is 280 g/mol. The van der Waals surface area contributed by atoms with Crippen molar-refractivity contribution in [1.29, 1.82) is 0 Å². The van der Waals surface area contributed by atoms with Crippen LogP contribution in [0.4, 0.5) is 0 Å². The summed E-state index contributed by atoms with van der Waals surface area (Å²) >= 11 is 1.27. The van der Waals surface area contributed by atoms with Gasteiger partial charge in [0.2, 0.25) is 0 Å². The molecular formula is C12H18SiZr-2. The van der Waals surface area contributed by atoms with Crippen molar-refractivity contribution < 1.29 is 23.3 Å². The van der Waals surface area contributed by atoms with E-state index in [0.717, 1.165) is 0 Å². The maximum absolute atomic E-state index is 2.34. The SMILES string of the molecule is C[Si](C)=[ZrH2].c1cc[cH-]c1.c1cc[cH-]c1. The second kappa shape index (κ2) is 10.9. The van der Waals surface area contributed by atoms with Gasteiger partial charge in [0, 0.05) is 0 Å². The van der Waals surface area contributed by atoms with E-state index in [1.807, 2.05) is 60.7 Å². The average Bonchev–Trinajstić information content (AvgIpc) is 2.83. The predicted octanol–water partition coefficient (Wildman–Crippen LogP) is 3.06. The van der Waals surface area contributed by atoms with Crippen molar-refractivity contribution in [3.05, 3.63) is 60.7 Å². The third kappa shape index (κ3) is 14.3. The molecule has 0 spiro atoms. The van der Waals surface area contributed by atoms with E-state index in [4.69, 9.17) is 0 Å². The molecule has 2 aromatic rings. The molecule has 0 aliphatic carbocycles. The summed E-state index contributed by atoms with van der Waals surface area (Å²) in [6, 6.07) is 20.0. The van der Waals surface area contributed by atoms with Gasteiger partial charge >= 0.3 is 41.9 Å². The van der Waals surface area contributed by atoms with Crippen molar-refractivity contribution in [3.8, 4) is 0 Å². The Morgan fingerprint density at radius 2 is 1.00 bits per heavy atom. The third-order valence-electron chi connectivity index (χ3n) is 1.11. The topological polar surface area (TPSA) is 0 Å². The summed E-state index contributed by atoms with van der Waals surface area (Å²) in [4.78, 5) is 0. The fourth-order valence-corrected chi connectivity index (χ4v) is 0.642. The fourth-order valence-electron chi connectivity index (χ4n) is 0.642. The molecule has 0 radical (unpaired) electrons. The Morgan fingerprint density at radius 1 is 0.786 bits per heavy atom. The smallest absolute Gasteiger partial charge is 0.172 e. The normalized spacial score (nSPS) is 7.57. The third-order valence-corrected chi connectivity index (χ3v) is 1.11. The van der Waals surface area contributed by atoms with Crippen molar-refractivity contribution in [1.82, 2.24) is 0 Å². The van der Waals surface area contributed by atoms with E-state index in [1.165, 1.54) is 23.3 Å². The molecule has 0 nitrogen and oxygen atoms in total. The van der Waals surface area contributed by atoms with Gasteiger partial charge in [-0.2, -0.15) is 36.4 Å². The van der Waals surface area contributed by atoms with Crippen LogP contribution < -0.4 is 0 Å². The standard InChI is InChI=1S/2C5H5.C2H6Si.Zr.2H/c2*1-2-4-5-3-1;1-3-2;;;/h2*1-5H;1-2H3;;;/q2*-1;;;;. The molecule has 2 aromatic carbocycles. The average molecular weight is 282 g/mol. The maximum atomic E-state index is 2.34. The van der Waals surface area contributed by atoms with Crippen molar-refractivity contribution in [3.63, 3.8) is 0 Å². The second-order valence-electron chi connectivity index (χ2n) is 3.13. The zero-order valence-corrected chi connectivity index (χ0v) is 13.5. The first-order valence-corrected chi connectivity index (χ1v) is 12.6. The van der Waals surface area contributed by atoms with Gasteiger partial charge < -0.3 is 0 Å². The van der Waals surface area contributed by atoms with Crippen LogP contribution >= 0.6 is 0 Å². The van der Waals surface area contributed by atoms with Gasteiger partial charge in [-0.05, 0) is 0 Å². The summed E-state index contributed by atoms with van der Waals surface area (Å²) < 4.78 is 0. The summed E-state index contributed by atoms with van der Waals surface area (Å²) in [6.45, 7) is 4.69. The molecule has 0 bridgehead atoms. The van der Waals surface area contributed by atoms with Crippen LogP contribution in [0.5, 0.6) is 0 Å². The summed E-state index contributed by atoms with van der Waals surface area (Å²) in [7, 11) is 0. The van der Waals surface area contributed by atoms with E-state index in [2.05, 4.69) is 13.1 Å². The van der Waals surface area contributed by atoms with Gasteiger partial charge in [0.05, 0.1) is 0 Å². The zero-order chi connectivity index (χ0) is 10.6. The number of rotatable bonds is 0. The molecule has 0 aliphatic rings. The minimum atomic E-state index is 0.290. The number of hydrogen-bond donors (Lipinski definition) is 0. The molecule has 2 rings (SSSR count). The molecule has 0 amide bonds. The van der Waals surface area contributed by atoms with Crippen LogP contribution in [0.3, 0.4) is 0 Å². The molecule has 0 unspecified atom stereocenters. The van der Waals surface area contributed by atoms with E-state index < -0.39 is 0 Å². The first-order valence-electron chi connectivity index (χ1n) is 4.69. The first-order chi connectivity index (χ1) is 6.73. The molecule has 0 saturated heterocycles. The Balaban J connectivity index is 0.000000183. The van der Waals surface area contributed by atoms with Crippen LogP contribution in [0.25, 0.3) is 0 Å². The Morgan fingerprint density at radius 3 is 1.07 bits per heavy atom. The van der Waals surface area contributed by atoms with E-state index in [-0.39, 0.29) is 0 Å². The minimum absolute atomic E-state index is 0.290. The van der Waals surface area contributed by atoms with Crippen LogP contribution in [0.2, 0.25) is 13.1 Å². The van der Waals surface area contributed by atoms with Gasteiger partial charge in [0.25, 0.3) is 0 Å². The Bertz CT molecular complexity index is 217. The van der Waals surface area contributed by atoms with Crippen molar-refractivity contribution in [2.75, 3.05) is 0 Å². The molecule has 0 atom stereocenters. The molecule has 14 heavy (non-hydrogen) atoms. The van der Waals surface area contributed by atoms with Crippen LogP contribution in [0, 0.1) is 0 Å². The van der Waals surface area contributed by atoms with Gasteiger partial charge in [-0.25, -0.2) is 24.3 Å². The first kappa shape index (κ1) is 13.8. The minimum Gasteiger partial charge on any atom is -0.214 e. The van der Waals surface area contributed by atoms with E-state index in [0.29, 0.717) is 5.43 Å². The summed E-state index contributed by atoms with van der Waals surface area (Å²) in [6.07, 6.45) is 0. The fraction of sp³-hybridized carbons (Fsp3) is 0.167. The zero-order valence-electron chi connectivity index (χ0n) is 8.98. The molecule has 0 saturated carbocycles. The van der Waals surface area contributed by atoms with Crippen molar-refractivity contribution in [2.24, 2.45) is 0 Å². The van der Waals surface area contributed by atoms with Crippen molar-refractivity contribution >= 4 is 5.43 Å². The van der Waals surface area contributed by atoms with E-state index in [1.54, 1.807) is 0 Å². The van der Waals surface area contributed by atoms with E-state index in [9.17, 15) is 0 Å². The van der Waals surface area contributed by atoms with Crippen LogP contribution in [0.1, 0.15) is 0 Å². The molecule has 76 valence electrons. The quantitative estimate of drug-likeness (QED) is 0.514.